The third kappa shape index (κ3) is 4.05. The molecular weight excluding hydrogens is 340 g/mol. The normalized spacial score (nSPS) is 12.8. The molecule has 2 rings (SSSR count). The van der Waals surface area contributed by atoms with Crippen molar-refractivity contribution in [3.05, 3.63) is 68.3 Å². The molecule has 0 aliphatic carbocycles. The van der Waals surface area contributed by atoms with Crippen molar-refractivity contribution in [3.63, 3.8) is 0 Å². The Labute approximate surface area is 148 Å². The molecule has 0 spiro atoms. The number of rotatable bonds is 5. The zero-order valence-corrected chi connectivity index (χ0v) is 15.8. The summed E-state index contributed by atoms with van der Waals surface area (Å²) in [7, 11) is -3.89. The van der Waals surface area contributed by atoms with Crippen LogP contribution >= 0.6 is 0 Å². The van der Waals surface area contributed by atoms with E-state index < -0.39 is 21.0 Å². The number of hydrogen-bond acceptors (Lipinski definition) is 4. The summed E-state index contributed by atoms with van der Waals surface area (Å²) in [6, 6.07) is 7.37. The van der Waals surface area contributed by atoms with Gasteiger partial charge in [-0.25, -0.2) is 13.1 Å². The molecule has 2 aromatic rings. The van der Waals surface area contributed by atoms with E-state index in [1.807, 2.05) is 32.9 Å². The van der Waals surface area contributed by atoms with Crippen molar-refractivity contribution in [1.82, 2.24) is 4.72 Å². The van der Waals surface area contributed by atoms with Crippen molar-refractivity contribution in [2.75, 3.05) is 0 Å². The Morgan fingerprint density at radius 3 is 2.16 bits per heavy atom. The van der Waals surface area contributed by atoms with Crippen LogP contribution in [0.25, 0.3) is 0 Å². The number of nitro groups is 1. The van der Waals surface area contributed by atoms with E-state index in [2.05, 4.69) is 4.72 Å². The number of benzene rings is 2. The van der Waals surface area contributed by atoms with Crippen LogP contribution in [-0.4, -0.2) is 13.3 Å². The minimum absolute atomic E-state index is 0.0740. The monoisotopic (exact) mass is 362 g/mol. The highest BCUT2D eigenvalue weighted by Crippen LogP contribution is 2.26. The molecule has 6 nitrogen and oxygen atoms in total. The van der Waals surface area contributed by atoms with Gasteiger partial charge in [0.1, 0.15) is 0 Å². The molecule has 0 radical (unpaired) electrons. The highest BCUT2D eigenvalue weighted by atomic mass is 32.2. The first-order valence-corrected chi connectivity index (χ1v) is 9.36. The first kappa shape index (κ1) is 19.1. The zero-order chi connectivity index (χ0) is 18.9. The van der Waals surface area contributed by atoms with Crippen LogP contribution < -0.4 is 4.72 Å². The van der Waals surface area contributed by atoms with Crippen molar-refractivity contribution in [1.29, 1.82) is 0 Å². The molecule has 134 valence electrons. The molecule has 0 bridgehead atoms. The molecule has 0 aromatic heterocycles. The lowest BCUT2D eigenvalue weighted by atomic mass is 9.97. The van der Waals surface area contributed by atoms with Gasteiger partial charge >= 0.3 is 0 Å². The number of sulfonamides is 1. The van der Waals surface area contributed by atoms with E-state index in [1.165, 1.54) is 12.1 Å². The maximum Gasteiger partial charge on any atom is 0.270 e. The molecular formula is C18H22N2O4S. The second-order valence-electron chi connectivity index (χ2n) is 6.34. The van der Waals surface area contributed by atoms with Gasteiger partial charge in [0.2, 0.25) is 10.0 Å². The van der Waals surface area contributed by atoms with E-state index in [0.717, 1.165) is 28.3 Å². The Balaban J connectivity index is 2.41. The molecule has 2 aromatic carbocycles. The Hall–Kier alpha value is -2.25. The first-order chi connectivity index (χ1) is 11.5. The van der Waals surface area contributed by atoms with Crippen molar-refractivity contribution < 1.29 is 13.3 Å². The lowest BCUT2D eigenvalue weighted by Crippen LogP contribution is -2.28. The average molecular weight is 362 g/mol. The molecule has 0 saturated carbocycles. The summed E-state index contributed by atoms with van der Waals surface area (Å²) < 4.78 is 28.1. The number of non-ortho nitro benzene ring substituents is 1. The van der Waals surface area contributed by atoms with Gasteiger partial charge in [0.05, 0.1) is 9.82 Å². The van der Waals surface area contributed by atoms with Crippen LogP contribution in [0.4, 0.5) is 5.69 Å². The third-order valence-corrected chi connectivity index (χ3v) is 6.04. The summed E-state index contributed by atoms with van der Waals surface area (Å²) in [5.74, 6) is 0. The van der Waals surface area contributed by atoms with Crippen molar-refractivity contribution in [2.45, 2.75) is 45.6 Å². The van der Waals surface area contributed by atoms with Gasteiger partial charge in [0.15, 0.2) is 0 Å². The van der Waals surface area contributed by atoms with Crippen LogP contribution in [0.3, 0.4) is 0 Å². The van der Waals surface area contributed by atoms with Gasteiger partial charge in [-0.3, -0.25) is 10.1 Å². The van der Waals surface area contributed by atoms with Crippen LogP contribution in [0, 0.1) is 37.8 Å². The Morgan fingerprint density at radius 2 is 1.56 bits per heavy atom. The second-order valence-corrected chi connectivity index (χ2v) is 8.03. The summed E-state index contributed by atoms with van der Waals surface area (Å²) in [4.78, 5) is 10.3. The smallest absolute Gasteiger partial charge is 0.258 e. The van der Waals surface area contributed by atoms with Crippen molar-refractivity contribution in [3.8, 4) is 0 Å². The quantitative estimate of drug-likeness (QED) is 0.646. The fourth-order valence-corrected chi connectivity index (χ4v) is 4.29. The van der Waals surface area contributed by atoms with Gasteiger partial charge in [-0.15, -0.1) is 0 Å². The largest absolute Gasteiger partial charge is 0.270 e. The van der Waals surface area contributed by atoms with Gasteiger partial charge in [-0.2, -0.15) is 0 Å². The lowest BCUT2D eigenvalue weighted by molar-refractivity contribution is -0.385. The van der Waals surface area contributed by atoms with Crippen LogP contribution in [0.1, 0.15) is 40.8 Å². The lowest BCUT2D eigenvalue weighted by Gasteiger charge is -2.19. The van der Waals surface area contributed by atoms with E-state index in [0.29, 0.717) is 5.56 Å². The van der Waals surface area contributed by atoms with Crippen LogP contribution in [0.5, 0.6) is 0 Å². The Morgan fingerprint density at radius 1 is 0.960 bits per heavy atom. The minimum Gasteiger partial charge on any atom is -0.258 e. The number of nitro benzene ring substituents is 1. The highest BCUT2D eigenvalue weighted by molar-refractivity contribution is 7.89. The molecule has 0 aliphatic rings. The van der Waals surface area contributed by atoms with Crippen LogP contribution in [-0.2, 0) is 10.0 Å². The topological polar surface area (TPSA) is 89.3 Å². The SMILES string of the molecule is Cc1cc(C)c(C(C)NS(=O)(=O)c2cc([N+](=O)[O-])ccc2C)cc1C. The number of nitrogens with zero attached hydrogens (tertiary/aromatic N) is 1. The Kier molecular flexibility index (Phi) is 5.29. The number of aryl methyl sites for hydroxylation is 4. The first-order valence-electron chi connectivity index (χ1n) is 7.88. The molecule has 1 N–H and O–H groups in total. The van der Waals surface area contributed by atoms with Gasteiger partial charge in [-0.05, 0) is 62.4 Å². The predicted molar refractivity (Wildman–Crippen MR) is 97.2 cm³/mol. The molecule has 0 aliphatic heterocycles. The van der Waals surface area contributed by atoms with E-state index >= 15 is 0 Å². The second kappa shape index (κ2) is 6.93. The Bertz CT molecular complexity index is 936. The van der Waals surface area contributed by atoms with Gasteiger partial charge in [0.25, 0.3) is 5.69 Å². The maximum absolute atomic E-state index is 12.7. The van der Waals surface area contributed by atoms with E-state index in [1.54, 1.807) is 13.8 Å². The number of nitrogens with one attached hydrogen (secondary N) is 1. The summed E-state index contributed by atoms with van der Waals surface area (Å²) in [5, 5.41) is 10.9. The predicted octanol–water partition coefficient (Wildman–Crippen LogP) is 3.87. The summed E-state index contributed by atoms with van der Waals surface area (Å²) in [6.45, 7) is 9.30. The molecule has 25 heavy (non-hydrogen) atoms. The van der Waals surface area contributed by atoms with E-state index in [9.17, 15) is 18.5 Å². The van der Waals surface area contributed by atoms with Crippen molar-refractivity contribution >= 4 is 15.7 Å². The highest BCUT2D eigenvalue weighted by Gasteiger charge is 2.23. The average Bonchev–Trinajstić information content (AvgIpc) is 2.50. The molecule has 1 atom stereocenters. The summed E-state index contributed by atoms with van der Waals surface area (Å²) in [6.07, 6.45) is 0. The van der Waals surface area contributed by atoms with Crippen LogP contribution in [0.2, 0.25) is 0 Å². The van der Waals surface area contributed by atoms with Gasteiger partial charge in [0, 0.05) is 18.2 Å². The minimum atomic E-state index is -3.89. The van der Waals surface area contributed by atoms with E-state index in [4.69, 9.17) is 0 Å². The molecule has 0 amide bonds. The standard InChI is InChI=1S/C18H22N2O4S/c1-11-6-7-16(20(21)22)10-18(11)25(23,24)19-15(5)17-9-13(3)12(2)8-14(17)4/h6-10,15,19H,1-5H3. The summed E-state index contributed by atoms with van der Waals surface area (Å²) >= 11 is 0. The fraction of sp³-hybridized carbons (Fsp3) is 0.333. The zero-order valence-electron chi connectivity index (χ0n) is 15.0. The molecule has 7 heteroatoms. The van der Waals surface area contributed by atoms with Crippen molar-refractivity contribution in [2.24, 2.45) is 0 Å². The molecule has 0 fully saturated rings. The molecule has 1 unspecified atom stereocenters. The molecule has 0 heterocycles. The van der Waals surface area contributed by atoms with Gasteiger partial charge in [-0.1, -0.05) is 18.2 Å². The molecule has 0 saturated heterocycles. The third-order valence-electron chi connectivity index (χ3n) is 4.35. The number of hydrogen-bond donors (Lipinski definition) is 1. The van der Waals surface area contributed by atoms with Gasteiger partial charge < -0.3 is 0 Å². The van der Waals surface area contributed by atoms with E-state index in [-0.39, 0.29) is 10.6 Å². The maximum atomic E-state index is 12.7. The fourth-order valence-electron chi connectivity index (χ4n) is 2.80. The summed E-state index contributed by atoms with van der Waals surface area (Å²) in [5.41, 5.74) is 4.32. The van der Waals surface area contributed by atoms with Crippen LogP contribution in [0.15, 0.2) is 35.2 Å².